The molecule has 1 rings (SSSR count). The van der Waals surface area contributed by atoms with Crippen LogP contribution in [0.3, 0.4) is 0 Å². The van der Waals surface area contributed by atoms with Gasteiger partial charge in [-0.1, -0.05) is 0 Å². The fourth-order valence-corrected chi connectivity index (χ4v) is 2.10. The topological polar surface area (TPSA) is 90.2 Å². The Bertz CT molecular complexity index is 605. The summed E-state index contributed by atoms with van der Waals surface area (Å²) in [5, 5.41) is 17.3. The third kappa shape index (κ3) is 4.11. The predicted octanol–water partition coefficient (Wildman–Crippen LogP) is 1.31. The summed E-state index contributed by atoms with van der Waals surface area (Å²) >= 11 is 0. The van der Waals surface area contributed by atoms with Crippen molar-refractivity contribution in [2.45, 2.75) is 6.18 Å². The average Bonchev–Trinajstić information content (AvgIpc) is 2.27. The van der Waals surface area contributed by atoms with Gasteiger partial charge in [0.15, 0.2) is 0 Å². The molecule has 0 atom stereocenters. The molecule has 1 aromatic rings. The summed E-state index contributed by atoms with van der Waals surface area (Å²) in [7, 11) is -3.90. The summed E-state index contributed by atoms with van der Waals surface area (Å²) in [4.78, 5) is 0. The minimum Gasteiger partial charge on any atom is -0.395 e. The van der Waals surface area contributed by atoms with Crippen molar-refractivity contribution in [3.63, 3.8) is 0 Å². The maximum absolute atomic E-state index is 12.4. The molecular formula is C10H9F3N2O3S. The van der Waals surface area contributed by atoms with Crippen LogP contribution < -0.4 is 4.72 Å². The van der Waals surface area contributed by atoms with Crippen molar-refractivity contribution in [1.82, 2.24) is 0 Å². The van der Waals surface area contributed by atoms with E-state index in [9.17, 15) is 21.6 Å². The fraction of sp³-hybridized carbons (Fsp3) is 0.300. The minimum atomic E-state index is -4.62. The molecule has 19 heavy (non-hydrogen) atoms. The van der Waals surface area contributed by atoms with Crippen molar-refractivity contribution in [1.29, 1.82) is 5.26 Å². The molecule has 0 saturated heterocycles. The van der Waals surface area contributed by atoms with Crippen molar-refractivity contribution >= 4 is 15.7 Å². The highest BCUT2D eigenvalue weighted by Gasteiger charge is 2.31. The van der Waals surface area contributed by atoms with Crippen LogP contribution in [0.1, 0.15) is 11.1 Å². The van der Waals surface area contributed by atoms with Crippen LogP contribution in [0.2, 0.25) is 0 Å². The standard InChI is InChI=1S/C10H9F3N2O3S/c11-10(12,13)8-1-2-9(7(5-8)6-14)15-19(17,18)4-3-16/h1-2,5,15-16H,3-4H2. The number of nitrogens with one attached hydrogen (secondary N) is 1. The molecule has 0 aromatic heterocycles. The van der Waals surface area contributed by atoms with E-state index in [4.69, 9.17) is 10.4 Å². The van der Waals surface area contributed by atoms with Gasteiger partial charge in [-0.3, -0.25) is 4.72 Å². The maximum Gasteiger partial charge on any atom is 0.416 e. The Morgan fingerprint density at radius 2 is 2.00 bits per heavy atom. The van der Waals surface area contributed by atoms with Gasteiger partial charge < -0.3 is 5.11 Å². The molecule has 0 bridgehead atoms. The van der Waals surface area contributed by atoms with Crippen molar-refractivity contribution in [3.8, 4) is 6.07 Å². The van der Waals surface area contributed by atoms with Gasteiger partial charge in [0.05, 0.1) is 29.2 Å². The van der Waals surface area contributed by atoms with Crippen molar-refractivity contribution < 1.29 is 26.7 Å². The second kappa shape index (κ2) is 5.46. The first-order chi connectivity index (χ1) is 8.69. The van der Waals surface area contributed by atoms with Crippen LogP contribution in [-0.4, -0.2) is 25.9 Å². The third-order valence-electron chi connectivity index (χ3n) is 2.09. The molecule has 0 fully saturated rings. The highest BCUT2D eigenvalue weighted by molar-refractivity contribution is 7.92. The van der Waals surface area contributed by atoms with E-state index in [0.29, 0.717) is 12.1 Å². The number of hydrogen-bond acceptors (Lipinski definition) is 4. The lowest BCUT2D eigenvalue weighted by atomic mass is 10.1. The first-order valence-electron chi connectivity index (χ1n) is 4.92. The highest BCUT2D eigenvalue weighted by Crippen LogP contribution is 2.31. The van der Waals surface area contributed by atoms with Crippen LogP contribution in [0.5, 0.6) is 0 Å². The number of rotatable bonds is 4. The Morgan fingerprint density at radius 3 is 2.47 bits per heavy atom. The molecule has 0 unspecified atom stereocenters. The highest BCUT2D eigenvalue weighted by atomic mass is 32.2. The molecule has 0 radical (unpaired) electrons. The Morgan fingerprint density at radius 1 is 1.37 bits per heavy atom. The summed E-state index contributed by atoms with van der Waals surface area (Å²) in [6.45, 7) is -0.641. The lowest BCUT2D eigenvalue weighted by Crippen LogP contribution is -2.19. The van der Waals surface area contributed by atoms with E-state index in [-0.39, 0.29) is 5.69 Å². The van der Waals surface area contributed by atoms with E-state index in [1.807, 2.05) is 4.72 Å². The quantitative estimate of drug-likeness (QED) is 0.876. The van der Waals surface area contributed by atoms with Crippen LogP contribution in [0.15, 0.2) is 18.2 Å². The number of sulfonamides is 1. The number of halogens is 3. The Labute approximate surface area is 107 Å². The van der Waals surface area contributed by atoms with Gasteiger partial charge in [0.1, 0.15) is 6.07 Å². The van der Waals surface area contributed by atoms with Crippen LogP contribution in [0.4, 0.5) is 18.9 Å². The molecule has 104 valence electrons. The summed E-state index contributed by atoms with van der Waals surface area (Å²) in [5.74, 6) is -0.612. The predicted molar refractivity (Wildman–Crippen MR) is 60.7 cm³/mol. The van der Waals surface area contributed by atoms with Gasteiger partial charge in [0.25, 0.3) is 0 Å². The minimum absolute atomic E-state index is 0.260. The van der Waals surface area contributed by atoms with Crippen LogP contribution >= 0.6 is 0 Å². The monoisotopic (exact) mass is 294 g/mol. The molecule has 0 spiro atoms. The van der Waals surface area contributed by atoms with Crippen LogP contribution in [-0.2, 0) is 16.2 Å². The van der Waals surface area contributed by atoms with Crippen molar-refractivity contribution in [2.24, 2.45) is 0 Å². The molecule has 0 aliphatic rings. The molecule has 0 amide bonds. The van der Waals surface area contributed by atoms with Gasteiger partial charge in [0.2, 0.25) is 10.0 Å². The van der Waals surface area contributed by atoms with E-state index in [0.717, 1.165) is 6.07 Å². The van der Waals surface area contributed by atoms with E-state index in [1.165, 1.54) is 6.07 Å². The lowest BCUT2D eigenvalue weighted by molar-refractivity contribution is -0.137. The summed E-state index contributed by atoms with van der Waals surface area (Å²) < 4.78 is 61.9. The number of benzene rings is 1. The molecule has 0 aliphatic heterocycles. The van der Waals surface area contributed by atoms with E-state index in [2.05, 4.69) is 0 Å². The normalized spacial score (nSPS) is 11.9. The molecule has 0 heterocycles. The SMILES string of the molecule is N#Cc1cc(C(F)(F)F)ccc1NS(=O)(=O)CCO. The summed E-state index contributed by atoms with van der Waals surface area (Å²) in [5.41, 5.74) is -1.76. The molecule has 1 aromatic carbocycles. The number of alkyl halides is 3. The largest absolute Gasteiger partial charge is 0.416 e. The zero-order chi connectivity index (χ0) is 14.7. The van der Waals surface area contributed by atoms with E-state index in [1.54, 1.807) is 0 Å². The number of anilines is 1. The maximum atomic E-state index is 12.4. The smallest absolute Gasteiger partial charge is 0.395 e. The summed E-state index contributed by atoms with van der Waals surface area (Å²) in [6.07, 6.45) is -4.62. The van der Waals surface area contributed by atoms with E-state index < -0.39 is 39.7 Å². The van der Waals surface area contributed by atoms with Gasteiger partial charge in [-0.15, -0.1) is 0 Å². The fourth-order valence-electron chi connectivity index (χ4n) is 1.24. The molecule has 5 nitrogen and oxygen atoms in total. The Kier molecular flexibility index (Phi) is 4.39. The molecule has 0 aliphatic carbocycles. The van der Waals surface area contributed by atoms with Crippen molar-refractivity contribution in [2.75, 3.05) is 17.1 Å². The van der Waals surface area contributed by atoms with E-state index >= 15 is 0 Å². The first-order valence-corrected chi connectivity index (χ1v) is 6.57. The number of nitriles is 1. The first kappa shape index (κ1) is 15.3. The lowest BCUT2D eigenvalue weighted by Gasteiger charge is -2.11. The zero-order valence-electron chi connectivity index (χ0n) is 9.40. The van der Waals surface area contributed by atoms with Gasteiger partial charge in [-0.05, 0) is 18.2 Å². The number of aliphatic hydroxyl groups is 1. The zero-order valence-corrected chi connectivity index (χ0v) is 10.2. The van der Waals surface area contributed by atoms with Gasteiger partial charge >= 0.3 is 6.18 Å². The summed E-state index contributed by atoms with van der Waals surface area (Å²) in [6, 6.07) is 3.56. The molecular weight excluding hydrogens is 285 g/mol. The number of hydrogen-bond donors (Lipinski definition) is 2. The number of nitrogens with zero attached hydrogens (tertiary/aromatic N) is 1. The van der Waals surface area contributed by atoms with Crippen molar-refractivity contribution in [3.05, 3.63) is 29.3 Å². The molecule has 2 N–H and O–H groups in total. The Hall–Kier alpha value is -1.79. The van der Waals surface area contributed by atoms with Crippen LogP contribution in [0, 0.1) is 11.3 Å². The second-order valence-electron chi connectivity index (χ2n) is 3.51. The average molecular weight is 294 g/mol. The second-order valence-corrected chi connectivity index (χ2v) is 5.36. The Balaban J connectivity index is 3.15. The van der Waals surface area contributed by atoms with Gasteiger partial charge in [0, 0.05) is 0 Å². The third-order valence-corrected chi connectivity index (χ3v) is 3.34. The van der Waals surface area contributed by atoms with Gasteiger partial charge in [-0.25, -0.2) is 8.42 Å². The van der Waals surface area contributed by atoms with Crippen LogP contribution in [0.25, 0.3) is 0 Å². The molecule has 9 heteroatoms. The number of aliphatic hydroxyl groups excluding tert-OH is 1. The van der Waals surface area contributed by atoms with Gasteiger partial charge in [-0.2, -0.15) is 18.4 Å². The molecule has 0 saturated carbocycles.